The molecule has 0 unspecified atom stereocenters. The molecule has 2 N–H and O–H groups in total. The number of hydrogen-bond acceptors (Lipinski definition) is 3. The number of hydroxylamine groups is 1. The van der Waals surface area contributed by atoms with Crippen molar-refractivity contribution in [3.8, 4) is 0 Å². The third kappa shape index (κ3) is 3.30. The largest absolute Gasteiger partial charge is 0.478 e. The summed E-state index contributed by atoms with van der Waals surface area (Å²) in [7, 11) is 0. The van der Waals surface area contributed by atoms with E-state index in [9.17, 15) is 9.18 Å². The van der Waals surface area contributed by atoms with E-state index < -0.39 is 11.8 Å². The maximum atomic E-state index is 13.2. The lowest BCUT2D eigenvalue weighted by Gasteiger charge is -2.04. The van der Waals surface area contributed by atoms with Crippen LogP contribution in [0.2, 0.25) is 0 Å². The highest BCUT2D eigenvalue weighted by Crippen LogP contribution is 2.10. The lowest BCUT2D eigenvalue weighted by atomic mass is 10.1. The van der Waals surface area contributed by atoms with Crippen LogP contribution < -0.4 is 5.48 Å². The van der Waals surface area contributed by atoms with E-state index in [-0.39, 0.29) is 5.56 Å². The van der Waals surface area contributed by atoms with Crippen LogP contribution in [0, 0.1) is 5.82 Å². The normalized spacial score (nSPS) is 10.3. The molecule has 1 aromatic rings. The second kappa shape index (κ2) is 5.43. The summed E-state index contributed by atoms with van der Waals surface area (Å²) < 4.78 is 13.2. The van der Waals surface area contributed by atoms with Crippen LogP contribution in [0.4, 0.5) is 4.39 Å². The number of benzene rings is 1. The topological polar surface area (TPSA) is 58.6 Å². The molecule has 0 atom stereocenters. The van der Waals surface area contributed by atoms with Gasteiger partial charge in [0.2, 0.25) is 0 Å². The van der Waals surface area contributed by atoms with Crippen LogP contribution in [-0.2, 0) is 11.4 Å². The summed E-state index contributed by atoms with van der Waals surface area (Å²) in [6.45, 7) is 2.67. The first-order valence-corrected chi connectivity index (χ1v) is 4.51. The van der Waals surface area contributed by atoms with Crippen molar-refractivity contribution < 1.29 is 19.1 Å². The van der Waals surface area contributed by atoms with Crippen LogP contribution in [0.1, 0.15) is 22.8 Å². The van der Waals surface area contributed by atoms with E-state index in [0.717, 1.165) is 0 Å². The molecule has 5 heteroatoms. The van der Waals surface area contributed by atoms with Gasteiger partial charge < -0.3 is 9.94 Å². The molecule has 0 saturated heterocycles. The molecule has 1 aromatic carbocycles. The highest BCUT2D eigenvalue weighted by atomic mass is 19.1. The molecule has 0 aromatic heterocycles. The Morgan fingerprint density at radius 1 is 1.60 bits per heavy atom. The van der Waals surface area contributed by atoms with Crippen LogP contribution in [0.5, 0.6) is 0 Å². The quantitative estimate of drug-likeness (QED) is 0.575. The molecule has 1 rings (SSSR count). The van der Waals surface area contributed by atoms with Crippen molar-refractivity contribution in [2.45, 2.75) is 13.5 Å². The number of carbonyl (C=O) groups is 1. The van der Waals surface area contributed by atoms with E-state index in [1.807, 2.05) is 6.92 Å². The molecule has 0 radical (unpaired) electrons. The molecule has 0 aliphatic rings. The van der Waals surface area contributed by atoms with Gasteiger partial charge in [-0.3, -0.25) is 0 Å². The van der Waals surface area contributed by atoms with Crippen molar-refractivity contribution >= 4 is 5.97 Å². The van der Waals surface area contributed by atoms with E-state index in [4.69, 9.17) is 9.94 Å². The van der Waals surface area contributed by atoms with Crippen molar-refractivity contribution in [1.82, 2.24) is 5.48 Å². The van der Waals surface area contributed by atoms with Gasteiger partial charge in [0.15, 0.2) is 0 Å². The molecule has 0 heterocycles. The van der Waals surface area contributed by atoms with E-state index in [1.165, 1.54) is 12.1 Å². The van der Waals surface area contributed by atoms with Gasteiger partial charge in [-0.15, -0.1) is 0 Å². The minimum atomic E-state index is -1.27. The monoisotopic (exact) mass is 213 g/mol. The minimum absolute atomic E-state index is 0.324. The Balaban J connectivity index is 2.69. The number of hydrogen-bond donors (Lipinski definition) is 2. The first-order chi connectivity index (χ1) is 7.15. The average molecular weight is 213 g/mol. The first-order valence-electron chi connectivity index (χ1n) is 4.51. The number of carboxylic acid groups (broad SMARTS) is 1. The van der Waals surface area contributed by atoms with Gasteiger partial charge in [-0.1, -0.05) is 6.07 Å². The summed E-state index contributed by atoms with van der Waals surface area (Å²) in [4.78, 5) is 15.4. The van der Waals surface area contributed by atoms with Crippen LogP contribution in [-0.4, -0.2) is 17.7 Å². The standard InChI is InChI=1S/C10H12FNO3/c1-2-15-12-6-7-3-4-8(10(13)14)9(11)5-7/h3-5,12H,2,6H2,1H3,(H,13,14). The van der Waals surface area contributed by atoms with Crippen LogP contribution in [0.3, 0.4) is 0 Å². The Morgan fingerprint density at radius 3 is 2.87 bits per heavy atom. The van der Waals surface area contributed by atoms with Crippen molar-refractivity contribution in [3.63, 3.8) is 0 Å². The number of halogens is 1. The lowest BCUT2D eigenvalue weighted by Crippen LogP contribution is -2.14. The summed E-state index contributed by atoms with van der Waals surface area (Å²) in [6.07, 6.45) is 0. The van der Waals surface area contributed by atoms with E-state index in [1.54, 1.807) is 6.07 Å². The number of carboxylic acids is 1. The molecule has 15 heavy (non-hydrogen) atoms. The van der Waals surface area contributed by atoms with E-state index in [0.29, 0.717) is 18.7 Å². The van der Waals surface area contributed by atoms with Crippen LogP contribution in [0.15, 0.2) is 18.2 Å². The van der Waals surface area contributed by atoms with Gasteiger partial charge in [0.1, 0.15) is 5.82 Å². The number of aromatic carboxylic acids is 1. The zero-order chi connectivity index (χ0) is 11.3. The molecule has 0 aliphatic carbocycles. The summed E-state index contributed by atoms with van der Waals surface area (Å²) in [5, 5.41) is 8.59. The van der Waals surface area contributed by atoms with Gasteiger partial charge in [-0.25, -0.2) is 9.18 Å². The summed E-state index contributed by atoms with van der Waals surface area (Å²) in [5.41, 5.74) is 2.92. The predicted octanol–water partition coefficient (Wildman–Crippen LogP) is 1.57. The van der Waals surface area contributed by atoms with Gasteiger partial charge in [0, 0.05) is 6.54 Å². The summed E-state index contributed by atoms with van der Waals surface area (Å²) >= 11 is 0. The fraction of sp³-hybridized carbons (Fsp3) is 0.300. The van der Waals surface area contributed by atoms with Crippen molar-refractivity contribution in [1.29, 1.82) is 0 Å². The Kier molecular flexibility index (Phi) is 4.20. The fourth-order valence-electron chi connectivity index (χ4n) is 1.08. The predicted molar refractivity (Wildman–Crippen MR) is 51.8 cm³/mol. The Morgan fingerprint density at radius 2 is 2.33 bits per heavy atom. The first kappa shape index (κ1) is 11.6. The van der Waals surface area contributed by atoms with Gasteiger partial charge in [0.25, 0.3) is 0 Å². The molecule has 4 nitrogen and oxygen atoms in total. The van der Waals surface area contributed by atoms with Crippen LogP contribution >= 0.6 is 0 Å². The average Bonchev–Trinajstić information content (AvgIpc) is 2.17. The fourth-order valence-corrected chi connectivity index (χ4v) is 1.08. The van der Waals surface area contributed by atoms with E-state index in [2.05, 4.69) is 5.48 Å². The minimum Gasteiger partial charge on any atom is -0.478 e. The zero-order valence-electron chi connectivity index (χ0n) is 8.29. The molecule has 0 spiro atoms. The van der Waals surface area contributed by atoms with Crippen molar-refractivity contribution in [2.75, 3.05) is 6.61 Å². The zero-order valence-corrected chi connectivity index (χ0v) is 8.29. The molecule has 0 bridgehead atoms. The van der Waals surface area contributed by atoms with Gasteiger partial charge in [-0.05, 0) is 24.6 Å². The summed E-state index contributed by atoms with van der Waals surface area (Å²) in [5.74, 6) is -2.00. The highest BCUT2D eigenvalue weighted by molar-refractivity contribution is 5.87. The third-order valence-corrected chi connectivity index (χ3v) is 1.79. The molecule has 82 valence electrons. The molecular weight excluding hydrogens is 201 g/mol. The number of rotatable bonds is 5. The van der Waals surface area contributed by atoms with Gasteiger partial charge in [0.05, 0.1) is 12.2 Å². The van der Waals surface area contributed by atoms with Crippen LogP contribution in [0.25, 0.3) is 0 Å². The summed E-state index contributed by atoms with van der Waals surface area (Å²) in [6, 6.07) is 3.95. The smallest absolute Gasteiger partial charge is 0.338 e. The van der Waals surface area contributed by atoms with Gasteiger partial charge >= 0.3 is 5.97 Å². The molecule has 0 saturated carbocycles. The highest BCUT2D eigenvalue weighted by Gasteiger charge is 2.09. The maximum absolute atomic E-state index is 13.2. The van der Waals surface area contributed by atoms with Crippen molar-refractivity contribution in [3.05, 3.63) is 35.1 Å². The number of nitrogens with one attached hydrogen (secondary N) is 1. The van der Waals surface area contributed by atoms with E-state index >= 15 is 0 Å². The molecular formula is C10H12FNO3. The van der Waals surface area contributed by atoms with Crippen molar-refractivity contribution in [2.24, 2.45) is 0 Å². The second-order valence-electron chi connectivity index (χ2n) is 2.87. The molecule has 0 aliphatic heterocycles. The lowest BCUT2D eigenvalue weighted by molar-refractivity contribution is 0.0463. The second-order valence-corrected chi connectivity index (χ2v) is 2.87. The SMILES string of the molecule is CCONCc1ccc(C(=O)O)c(F)c1. The van der Waals surface area contributed by atoms with Gasteiger partial charge in [-0.2, -0.15) is 5.48 Å². The Labute approximate surface area is 86.6 Å². The third-order valence-electron chi connectivity index (χ3n) is 1.79. The maximum Gasteiger partial charge on any atom is 0.338 e. The Bertz CT molecular complexity index is 355. The Hall–Kier alpha value is -1.46. The molecule has 0 amide bonds. The molecule has 0 fully saturated rings.